The first kappa shape index (κ1) is 22.0. The molecule has 1 heterocycles. The van der Waals surface area contributed by atoms with E-state index in [0.29, 0.717) is 47.4 Å². The van der Waals surface area contributed by atoms with Gasteiger partial charge in [0.25, 0.3) is 0 Å². The van der Waals surface area contributed by atoms with Crippen LogP contribution in [-0.2, 0) is 11.2 Å². The van der Waals surface area contributed by atoms with E-state index >= 15 is 0 Å². The van der Waals surface area contributed by atoms with Crippen LogP contribution in [-0.4, -0.2) is 37.1 Å². The molecule has 0 atom stereocenters. The molecule has 1 aliphatic carbocycles. The third-order valence-corrected chi connectivity index (χ3v) is 6.11. The van der Waals surface area contributed by atoms with Crippen LogP contribution < -0.4 is 5.43 Å². The normalized spacial score (nSPS) is 14.3. The molecule has 0 unspecified atom stereocenters. The quantitative estimate of drug-likeness (QED) is 0.488. The van der Waals surface area contributed by atoms with E-state index < -0.39 is 5.97 Å². The summed E-state index contributed by atoms with van der Waals surface area (Å²) < 4.78 is 11.6. The first-order chi connectivity index (χ1) is 15.5. The summed E-state index contributed by atoms with van der Waals surface area (Å²) in [5.41, 5.74) is 4.81. The fourth-order valence-corrected chi connectivity index (χ4v) is 4.11. The van der Waals surface area contributed by atoms with E-state index in [2.05, 4.69) is 56.0 Å². The average molecular weight is 432 g/mol. The summed E-state index contributed by atoms with van der Waals surface area (Å²) in [5.74, 6) is 0.247. The maximum atomic E-state index is 13.2. The first-order valence-corrected chi connectivity index (χ1v) is 11.3. The van der Waals surface area contributed by atoms with Gasteiger partial charge >= 0.3 is 5.97 Å². The van der Waals surface area contributed by atoms with Crippen molar-refractivity contribution < 1.29 is 13.9 Å². The maximum Gasteiger partial charge on any atom is 0.338 e. The lowest BCUT2D eigenvalue weighted by atomic mass is 10.1. The number of hydrogen-bond donors (Lipinski definition) is 0. The Morgan fingerprint density at radius 2 is 1.84 bits per heavy atom. The second kappa shape index (κ2) is 9.53. The Labute approximate surface area is 188 Å². The molecule has 0 spiro atoms. The minimum absolute atomic E-state index is 0.0636. The zero-order valence-electron chi connectivity index (χ0n) is 18.9. The van der Waals surface area contributed by atoms with Crippen LogP contribution in [0.3, 0.4) is 0 Å². The molecule has 5 nitrogen and oxygen atoms in total. The lowest BCUT2D eigenvalue weighted by Crippen LogP contribution is -2.27. The Kier molecular flexibility index (Phi) is 6.56. The predicted octanol–water partition coefficient (Wildman–Crippen LogP) is 5.09. The van der Waals surface area contributed by atoms with Gasteiger partial charge in [-0.25, -0.2) is 4.79 Å². The molecule has 0 amide bonds. The van der Waals surface area contributed by atoms with Gasteiger partial charge in [-0.2, -0.15) is 0 Å². The highest BCUT2D eigenvalue weighted by atomic mass is 16.5. The highest BCUT2D eigenvalue weighted by Gasteiger charge is 2.24. The summed E-state index contributed by atoms with van der Waals surface area (Å²) in [6.07, 6.45) is 3.49. The van der Waals surface area contributed by atoms with E-state index in [9.17, 15) is 9.59 Å². The van der Waals surface area contributed by atoms with E-state index in [-0.39, 0.29) is 5.43 Å². The molecule has 32 heavy (non-hydrogen) atoms. The van der Waals surface area contributed by atoms with Crippen molar-refractivity contribution in [3.8, 4) is 0 Å². The number of carbonyl (C=O) groups excluding carboxylic acids is 1. The van der Waals surface area contributed by atoms with Crippen molar-refractivity contribution >= 4 is 28.6 Å². The van der Waals surface area contributed by atoms with Crippen LogP contribution in [0.15, 0.2) is 51.7 Å². The van der Waals surface area contributed by atoms with E-state index in [1.54, 1.807) is 18.2 Å². The summed E-state index contributed by atoms with van der Waals surface area (Å²) in [6.45, 7) is 9.05. The Bertz CT molecular complexity index is 1220. The summed E-state index contributed by atoms with van der Waals surface area (Å²) in [4.78, 5) is 27.8. The topological polar surface area (TPSA) is 59.8 Å². The molecule has 0 aliphatic heterocycles. The number of carbonyl (C=O) groups is 1. The van der Waals surface area contributed by atoms with E-state index in [4.69, 9.17) is 9.15 Å². The smallest absolute Gasteiger partial charge is 0.338 e. The second-order valence-corrected chi connectivity index (χ2v) is 8.19. The molecule has 5 heteroatoms. The van der Waals surface area contributed by atoms with Crippen molar-refractivity contribution in [3.05, 3.63) is 80.7 Å². The summed E-state index contributed by atoms with van der Waals surface area (Å²) in [5, 5.41) is 0.429. The molecule has 0 radical (unpaired) electrons. The molecule has 0 N–H and O–H groups in total. The Morgan fingerprint density at radius 3 is 2.56 bits per heavy atom. The lowest BCUT2D eigenvalue weighted by molar-refractivity contribution is 0.0466. The molecular formula is C27H29NO4. The van der Waals surface area contributed by atoms with Gasteiger partial charge in [-0.05, 0) is 68.3 Å². The SMILES string of the molecule is CCN(CC)CCOC(=O)c1ccc2oc3c(c(=O)c2c1)CCC3=Cc1ccc(C)cc1. The lowest BCUT2D eigenvalue weighted by Gasteiger charge is -2.17. The molecule has 0 saturated heterocycles. The van der Waals surface area contributed by atoms with Gasteiger partial charge in [-0.3, -0.25) is 4.79 Å². The van der Waals surface area contributed by atoms with Gasteiger partial charge in [-0.1, -0.05) is 43.7 Å². The zero-order valence-corrected chi connectivity index (χ0v) is 18.9. The number of ether oxygens (including phenoxy) is 1. The number of benzene rings is 2. The molecular weight excluding hydrogens is 402 g/mol. The molecule has 1 aromatic heterocycles. The fraction of sp³-hybridized carbons (Fsp3) is 0.333. The van der Waals surface area contributed by atoms with Crippen molar-refractivity contribution in [2.75, 3.05) is 26.2 Å². The van der Waals surface area contributed by atoms with Gasteiger partial charge < -0.3 is 14.1 Å². The number of likely N-dealkylation sites (N-methyl/N-ethyl adjacent to an activating group) is 1. The number of fused-ring (bicyclic) bond motifs is 2. The van der Waals surface area contributed by atoms with Crippen LogP contribution in [0.2, 0.25) is 0 Å². The molecule has 1 aliphatic rings. The number of rotatable bonds is 7. The van der Waals surface area contributed by atoms with Crippen molar-refractivity contribution in [1.29, 1.82) is 0 Å². The number of hydrogen-bond acceptors (Lipinski definition) is 5. The highest BCUT2D eigenvalue weighted by Crippen LogP contribution is 2.34. The van der Waals surface area contributed by atoms with Crippen molar-refractivity contribution in [3.63, 3.8) is 0 Å². The number of aryl methyl sites for hydroxylation is 1. The summed E-state index contributed by atoms with van der Waals surface area (Å²) in [7, 11) is 0. The highest BCUT2D eigenvalue weighted by molar-refractivity contribution is 5.95. The van der Waals surface area contributed by atoms with Crippen LogP contribution in [0.1, 0.15) is 53.1 Å². The minimum atomic E-state index is -0.418. The molecule has 4 rings (SSSR count). The first-order valence-electron chi connectivity index (χ1n) is 11.3. The average Bonchev–Trinajstić information content (AvgIpc) is 3.21. The Balaban J connectivity index is 1.59. The van der Waals surface area contributed by atoms with Crippen LogP contribution >= 0.6 is 0 Å². The fourth-order valence-electron chi connectivity index (χ4n) is 4.11. The third kappa shape index (κ3) is 4.53. The van der Waals surface area contributed by atoms with Crippen molar-refractivity contribution in [2.45, 2.75) is 33.6 Å². The summed E-state index contributed by atoms with van der Waals surface area (Å²) >= 11 is 0. The maximum absolute atomic E-state index is 13.2. The van der Waals surface area contributed by atoms with Gasteiger partial charge in [0.2, 0.25) is 0 Å². The van der Waals surface area contributed by atoms with E-state index in [1.807, 2.05) is 0 Å². The van der Waals surface area contributed by atoms with Crippen LogP contribution in [0.4, 0.5) is 0 Å². The molecule has 0 saturated carbocycles. The Hall–Kier alpha value is -3.18. The third-order valence-electron chi connectivity index (χ3n) is 6.11. The van der Waals surface area contributed by atoms with Crippen LogP contribution in [0, 0.1) is 6.92 Å². The van der Waals surface area contributed by atoms with Crippen LogP contribution in [0.5, 0.6) is 0 Å². The summed E-state index contributed by atoms with van der Waals surface area (Å²) in [6, 6.07) is 13.2. The van der Waals surface area contributed by atoms with Gasteiger partial charge in [-0.15, -0.1) is 0 Å². The zero-order chi connectivity index (χ0) is 22.7. The van der Waals surface area contributed by atoms with Crippen molar-refractivity contribution in [1.82, 2.24) is 4.90 Å². The number of allylic oxidation sites excluding steroid dienone is 1. The molecule has 3 aromatic rings. The van der Waals surface area contributed by atoms with Crippen LogP contribution in [0.25, 0.3) is 22.6 Å². The van der Waals surface area contributed by atoms with Gasteiger partial charge in [0.1, 0.15) is 18.0 Å². The van der Waals surface area contributed by atoms with Gasteiger partial charge in [0.15, 0.2) is 5.43 Å². The Morgan fingerprint density at radius 1 is 1.09 bits per heavy atom. The van der Waals surface area contributed by atoms with E-state index in [0.717, 1.165) is 30.6 Å². The molecule has 0 bridgehead atoms. The standard InChI is InChI=1S/C27H29NO4/c1-4-28(5-2)14-15-31-27(30)21-11-13-24-23(17-21)25(29)22-12-10-20(26(22)32-24)16-19-8-6-18(3)7-9-19/h6-9,11,13,16-17H,4-5,10,12,14-15H2,1-3H3. The number of nitrogens with zero attached hydrogens (tertiary/aromatic N) is 1. The largest absolute Gasteiger partial charge is 0.461 e. The second-order valence-electron chi connectivity index (χ2n) is 8.19. The van der Waals surface area contributed by atoms with Gasteiger partial charge in [0, 0.05) is 12.1 Å². The molecule has 2 aromatic carbocycles. The van der Waals surface area contributed by atoms with E-state index in [1.165, 1.54) is 5.56 Å². The van der Waals surface area contributed by atoms with Crippen molar-refractivity contribution in [2.24, 2.45) is 0 Å². The van der Waals surface area contributed by atoms with Gasteiger partial charge in [0.05, 0.1) is 10.9 Å². The minimum Gasteiger partial charge on any atom is -0.461 e. The molecule has 166 valence electrons. The monoisotopic (exact) mass is 431 g/mol. The molecule has 0 fully saturated rings. The number of esters is 1. The predicted molar refractivity (Wildman–Crippen MR) is 128 cm³/mol.